The minimum Gasteiger partial charge on any atom is -0.467 e. The van der Waals surface area contributed by atoms with Gasteiger partial charge in [0.25, 0.3) is 5.91 Å². The molecule has 2 aliphatic heterocycles. The summed E-state index contributed by atoms with van der Waals surface area (Å²) in [4.78, 5) is 49.9. The van der Waals surface area contributed by atoms with E-state index < -0.39 is 17.9 Å². The van der Waals surface area contributed by atoms with Crippen LogP contribution in [0.25, 0.3) is 0 Å². The van der Waals surface area contributed by atoms with Gasteiger partial charge in [0, 0.05) is 19.4 Å². The zero-order chi connectivity index (χ0) is 19.4. The van der Waals surface area contributed by atoms with Gasteiger partial charge < -0.3 is 15.0 Å². The third-order valence-electron chi connectivity index (χ3n) is 4.44. The number of piperazine rings is 1. The van der Waals surface area contributed by atoms with Crippen LogP contribution in [-0.4, -0.2) is 65.6 Å². The molecule has 27 heavy (non-hydrogen) atoms. The third kappa shape index (κ3) is 4.13. The molecule has 0 unspecified atom stereocenters. The Morgan fingerprint density at radius 2 is 1.96 bits per heavy atom. The Balaban J connectivity index is 1.81. The van der Waals surface area contributed by atoms with Crippen LogP contribution in [0, 0.1) is 0 Å². The summed E-state index contributed by atoms with van der Waals surface area (Å²) in [5.41, 5.74) is 1.03. The molecule has 0 aliphatic carbocycles. The lowest BCUT2D eigenvalue weighted by Gasteiger charge is -2.34. The Morgan fingerprint density at radius 3 is 2.67 bits per heavy atom. The second-order valence-electron chi connectivity index (χ2n) is 6.26. The van der Waals surface area contributed by atoms with Gasteiger partial charge in [-0.3, -0.25) is 14.4 Å². The van der Waals surface area contributed by atoms with Crippen molar-refractivity contribution in [3.05, 3.63) is 35.9 Å². The maximum atomic E-state index is 12.9. The van der Waals surface area contributed by atoms with Crippen molar-refractivity contribution < 1.29 is 23.9 Å². The number of ether oxygens (including phenoxy) is 1. The van der Waals surface area contributed by atoms with Crippen LogP contribution in [0.2, 0.25) is 0 Å². The molecule has 0 saturated carbocycles. The van der Waals surface area contributed by atoms with E-state index in [1.807, 2.05) is 30.3 Å². The van der Waals surface area contributed by atoms with Crippen LogP contribution < -0.4 is 5.32 Å². The van der Waals surface area contributed by atoms with E-state index in [-0.39, 0.29) is 50.0 Å². The molecule has 3 amide bonds. The number of nitrogens with one attached hydrogen (secondary N) is 1. The van der Waals surface area contributed by atoms with Crippen LogP contribution in [0.1, 0.15) is 18.4 Å². The number of benzene rings is 1. The molecular formula is C18H20N4O5. The molecule has 142 valence electrons. The molecule has 9 heteroatoms. The molecule has 9 nitrogen and oxygen atoms in total. The highest BCUT2D eigenvalue weighted by atomic mass is 16.5. The van der Waals surface area contributed by atoms with Gasteiger partial charge in [0.15, 0.2) is 0 Å². The number of hydrazone groups is 1. The fourth-order valence-corrected chi connectivity index (χ4v) is 3.00. The van der Waals surface area contributed by atoms with E-state index in [2.05, 4.69) is 10.4 Å². The summed E-state index contributed by atoms with van der Waals surface area (Å²) in [6.45, 7) is -0.0290. The van der Waals surface area contributed by atoms with E-state index >= 15 is 0 Å². The first-order valence-corrected chi connectivity index (χ1v) is 8.57. The zero-order valence-electron chi connectivity index (χ0n) is 14.9. The number of methoxy groups -OCH3 is 1. The first-order valence-electron chi connectivity index (χ1n) is 8.57. The molecule has 2 heterocycles. The molecule has 0 spiro atoms. The van der Waals surface area contributed by atoms with E-state index in [0.717, 1.165) is 10.5 Å². The quantitative estimate of drug-likeness (QED) is 0.728. The Labute approximate surface area is 155 Å². The number of hydrogen-bond donors (Lipinski definition) is 1. The summed E-state index contributed by atoms with van der Waals surface area (Å²) in [7, 11) is 1.22. The van der Waals surface area contributed by atoms with Crippen molar-refractivity contribution >= 4 is 29.4 Å². The van der Waals surface area contributed by atoms with Crippen LogP contribution in [0.15, 0.2) is 35.4 Å². The van der Waals surface area contributed by atoms with Crippen LogP contribution in [0.3, 0.4) is 0 Å². The summed E-state index contributed by atoms with van der Waals surface area (Å²) in [5, 5.41) is 8.00. The Morgan fingerprint density at radius 1 is 1.22 bits per heavy atom. The van der Waals surface area contributed by atoms with Gasteiger partial charge in [-0.1, -0.05) is 30.3 Å². The van der Waals surface area contributed by atoms with Crippen LogP contribution in [-0.2, 0) is 30.5 Å². The molecule has 1 atom stereocenters. The van der Waals surface area contributed by atoms with E-state index in [4.69, 9.17) is 4.74 Å². The lowest BCUT2D eigenvalue weighted by atomic mass is 10.1. The van der Waals surface area contributed by atoms with Crippen molar-refractivity contribution in [2.24, 2.45) is 5.10 Å². The first kappa shape index (κ1) is 18.6. The highest BCUT2D eigenvalue weighted by molar-refractivity contribution is 6.40. The predicted octanol–water partition coefficient (Wildman–Crippen LogP) is -0.335. The van der Waals surface area contributed by atoms with Gasteiger partial charge in [-0.25, -0.2) is 9.80 Å². The molecule has 2 aliphatic rings. The monoisotopic (exact) mass is 372 g/mol. The SMILES string of the molecule is COC(=O)[C@@H]1CNC(=O)CN1C(=O)C1=NN(Cc2ccccc2)C(=O)CC1. The van der Waals surface area contributed by atoms with Crippen molar-refractivity contribution in [3.63, 3.8) is 0 Å². The molecule has 0 bridgehead atoms. The normalized spacial score (nSPS) is 20.0. The highest BCUT2D eigenvalue weighted by Crippen LogP contribution is 2.16. The Bertz CT molecular complexity index is 792. The number of hydrogen-bond acceptors (Lipinski definition) is 6. The number of carbonyl (C=O) groups is 4. The van der Waals surface area contributed by atoms with Gasteiger partial charge in [0.05, 0.1) is 13.7 Å². The highest BCUT2D eigenvalue weighted by Gasteiger charge is 2.38. The molecule has 0 radical (unpaired) electrons. The fraction of sp³-hybridized carbons (Fsp3) is 0.389. The molecular weight excluding hydrogens is 352 g/mol. The first-order chi connectivity index (χ1) is 13.0. The van der Waals surface area contributed by atoms with E-state index in [1.165, 1.54) is 12.1 Å². The van der Waals surface area contributed by atoms with Crippen LogP contribution >= 0.6 is 0 Å². The smallest absolute Gasteiger partial charge is 0.330 e. The zero-order valence-corrected chi connectivity index (χ0v) is 14.9. The topological polar surface area (TPSA) is 108 Å². The van der Waals surface area contributed by atoms with Crippen LogP contribution in [0.5, 0.6) is 0 Å². The summed E-state index contributed by atoms with van der Waals surface area (Å²) < 4.78 is 4.72. The molecule has 1 aromatic carbocycles. The molecule has 1 fully saturated rings. The van der Waals surface area contributed by atoms with Gasteiger partial charge in [0.1, 0.15) is 18.3 Å². The summed E-state index contributed by atoms with van der Waals surface area (Å²) >= 11 is 0. The minimum atomic E-state index is -0.914. The number of carbonyl (C=O) groups excluding carboxylic acids is 4. The van der Waals surface area contributed by atoms with Gasteiger partial charge in [-0.15, -0.1) is 0 Å². The molecule has 0 aromatic heterocycles. The van der Waals surface area contributed by atoms with E-state index in [0.29, 0.717) is 0 Å². The van der Waals surface area contributed by atoms with Crippen molar-refractivity contribution in [1.82, 2.24) is 15.2 Å². The second kappa shape index (κ2) is 7.98. The standard InChI is InChI=1S/C18H20N4O5/c1-27-18(26)14-9-19-15(23)11-21(14)17(25)13-7-8-16(24)22(20-13)10-12-5-3-2-4-6-12/h2-6,14H,7-11H2,1H3,(H,19,23)/t14-/m0/s1. The fourth-order valence-electron chi connectivity index (χ4n) is 3.00. The maximum Gasteiger partial charge on any atom is 0.330 e. The van der Waals surface area contributed by atoms with Crippen molar-refractivity contribution in [2.45, 2.75) is 25.4 Å². The molecule has 1 N–H and O–H groups in total. The van der Waals surface area contributed by atoms with Gasteiger partial charge in [-0.2, -0.15) is 5.10 Å². The lowest BCUT2D eigenvalue weighted by Crippen LogP contribution is -2.61. The van der Waals surface area contributed by atoms with E-state index in [1.54, 1.807) is 0 Å². The molecule has 1 aromatic rings. The Kier molecular flexibility index (Phi) is 5.49. The Hall–Kier alpha value is -3.23. The summed E-state index contributed by atoms with van der Waals surface area (Å²) in [6, 6.07) is 8.39. The lowest BCUT2D eigenvalue weighted by molar-refractivity contribution is -0.154. The number of amides is 3. The molecule has 3 rings (SSSR count). The van der Waals surface area contributed by atoms with Crippen molar-refractivity contribution in [3.8, 4) is 0 Å². The van der Waals surface area contributed by atoms with Crippen LogP contribution in [0.4, 0.5) is 0 Å². The predicted molar refractivity (Wildman–Crippen MR) is 94.2 cm³/mol. The summed E-state index contributed by atoms with van der Waals surface area (Å²) in [5.74, 6) is -1.70. The number of esters is 1. The average Bonchev–Trinajstić information content (AvgIpc) is 2.69. The largest absolute Gasteiger partial charge is 0.467 e. The minimum absolute atomic E-state index is 0.0167. The third-order valence-corrected chi connectivity index (χ3v) is 4.44. The van der Waals surface area contributed by atoms with Crippen molar-refractivity contribution in [1.29, 1.82) is 0 Å². The van der Waals surface area contributed by atoms with Gasteiger partial charge in [0.2, 0.25) is 11.8 Å². The number of rotatable bonds is 4. The van der Waals surface area contributed by atoms with Gasteiger partial charge in [-0.05, 0) is 5.56 Å². The average molecular weight is 372 g/mol. The maximum absolute atomic E-state index is 12.9. The van der Waals surface area contributed by atoms with E-state index in [9.17, 15) is 19.2 Å². The molecule has 1 saturated heterocycles. The summed E-state index contributed by atoms with van der Waals surface area (Å²) in [6.07, 6.45) is 0.301. The second-order valence-corrected chi connectivity index (χ2v) is 6.26. The number of nitrogens with zero attached hydrogens (tertiary/aromatic N) is 3. The van der Waals surface area contributed by atoms with Gasteiger partial charge >= 0.3 is 5.97 Å². The van der Waals surface area contributed by atoms with Crippen molar-refractivity contribution in [2.75, 3.05) is 20.2 Å².